The Bertz CT molecular complexity index is 550. The van der Waals surface area contributed by atoms with Gasteiger partial charge in [0.2, 0.25) is 17.7 Å². The molecular formula is C18H34N4O6. The molecule has 0 radical (unpaired) electrons. The summed E-state index contributed by atoms with van der Waals surface area (Å²) in [7, 11) is 0. The molecule has 4 atom stereocenters. The second-order valence-electron chi connectivity index (χ2n) is 7.75. The van der Waals surface area contributed by atoms with Crippen molar-refractivity contribution in [1.82, 2.24) is 16.0 Å². The van der Waals surface area contributed by atoms with Crippen LogP contribution in [0.3, 0.4) is 0 Å². The number of carboxylic acid groups (broad SMARTS) is 1. The van der Waals surface area contributed by atoms with E-state index in [1.165, 1.54) is 6.92 Å². The van der Waals surface area contributed by atoms with Gasteiger partial charge in [-0.1, -0.05) is 27.7 Å². The van der Waals surface area contributed by atoms with E-state index in [-0.39, 0.29) is 18.3 Å². The van der Waals surface area contributed by atoms with E-state index in [4.69, 9.17) is 15.9 Å². The van der Waals surface area contributed by atoms with Crippen LogP contribution >= 0.6 is 0 Å². The largest absolute Gasteiger partial charge is 0.480 e. The molecule has 0 aromatic carbocycles. The first-order valence-corrected chi connectivity index (χ1v) is 9.39. The molecule has 28 heavy (non-hydrogen) atoms. The molecule has 0 aromatic rings. The number of carboxylic acids is 1. The van der Waals surface area contributed by atoms with Crippen molar-refractivity contribution in [3.05, 3.63) is 0 Å². The van der Waals surface area contributed by atoms with Crippen LogP contribution in [0.5, 0.6) is 0 Å². The average Bonchev–Trinajstić information content (AvgIpc) is 2.56. The van der Waals surface area contributed by atoms with E-state index in [0.29, 0.717) is 6.42 Å². The highest BCUT2D eigenvalue weighted by Crippen LogP contribution is 2.09. The molecular weight excluding hydrogens is 368 g/mol. The third kappa shape index (κ3) is 9.65. The third-order valence-corrected chi connectivity index (χ3v) is 3.89. The molecule has 10 nitrogen and oxygen atoms in total. The Morgan fingerprint density at radius 3 is 1.39 bits per heavy atom. The van der Waals surface area contributed by atoms with Crippen molar-refractivity contribution in [3.8, 4) is 0 Å². The van der Waals surface area contributed by atoms with Crippen LogP contribution in [0.4, 0.5) is 0 Å². The van der Waals surface area contributed by atoms with Gasteiger partial charge in [0.25, 0.3) is 0 Å². The molecule has 0 aliphatic heterocycles. The minimum Gasteiger partial charge on any atom is -0.480 e. The standard InChI is InChI=1S/C18H34N4O6/c1-9(2)6-12(20-15(24)11(5)19)16(25)21-13(7-10(3)4)17(26)22-14(8-23)18(27)28/h9-14,23H,6-8,19H2,1-5H3,(H,20,24)(H,21,25)(H,22,26)(H,27,28)/t11-,12-,13-,14-/m0/s1. The van der Waals surface area contributed by atoms with E-state index < -0.39 is 54.5 Å². The predicted octanol–water partition coefficient (Wildman–Crippen LogP) is -1.04. The second-order valence-corrected chi connectivity index (χ2v) is 7.75. The van der Waals surface area contributed by atoms with Crippen LogP contribution in [0, 0.1) is 11.8 Å². The van der Waals surface area contributed by atoms with Crippen LogP contribution < -0.4 is 21.7 Å². The fourth-order valence-corrected chi connectivity index (χ4v) is 2.44. The number of carbonyl (C=O) groups excluding carboxylic acids is 3. The van der Waals surface area contributed by atoms with Crippen LogP contribution in [-0.2, 0) is 19.2 Å². The number of amides is 3. The average molecular weight is 402 g/mol. The monoisotopic (exact) mass is 402 g/mol. The number of nitrogens with two attached hydrogens (primary N) is 1. The summed E-state index contributed by atoms with van der Waals surface area (Å²) < 4.78 is 0. The molecule has 0 aliphatic rings. The number of nitrogens with one attached hydrogen (secondary N) is 3. The molecule has 10 heteroatoms. The summed E-state index contributed by atoms with van der Waals surface area (Å²) in [5.41, 5.74) is 5.54. The van der Waals surface area contributed by atoms with Crippen molar-refractivity contribution in [2.75, 3.05) is 6.61 Å². The van der Waals surface area contributed by atoms with E-state index in [1.54, 1.807) is 0 Å². The zero-order valence-corrected chi connectivity index (χ0v) is 17.2. The molecule has 0 saturated heterocycles. The normalized spacial score (nSPS) is 15.5. The molecule has 0 aromatic heterocycles. The molecule has 0 saturated carbocycles. The summed E-state index contributed by atoms with van der Waals surface area (Å²) in [6.07, 6.45) is 0.597. The number of rotatable bonds is 12. The van der Waals surface area contributed by atoms with Crippen molar-refractivity contribution >= 4 is 23.7 Å². The summed E-state index contributed by atoms with van der Waals surface area (Å²) >= 11 is 0. The van der Waals surface area contributed by atoms with Gasteiger partial charge >= 0.3 is 5.97 Å². The Morgan fingerprint density at radius 1 is 0.750 bits per heavy atom. The molecule has 0 rings (SSSR count). The third-order valence-electron chi connectivity index (χ3n) is 3.89. The number of carbonyl (C=O) groups is 4. The number of aliphatic hydroxyl groups excluding tert-OH is 1. The van der Waals surface area contributed by atoms with Gasteiger partial charge in [-0.05, 0) is 31.6 Å². The van der Waals surface area contributed by atoms with Crippen molar-refractivity contribution in [2.24, 2.45) is 17.6 Å². The van der Waals surface area contributed by atoms with Gasteiger partial charge in [-0.25, -0.2) is 4.79 Å². The topological polar surface area (TPSA) is 171 Å². The Labute approximate surface area is 165 Å². The van der Waals surface area contributed by atoms with E-state index in [0.717, 1.165) is 0 Å². The lowest BCUT2D eigenvalue weighted by Gasteiger charge is -2.26. The van der Waals surface area contributed by atoms with Crippen LogP contribution in [0.1, 0.15) is 47.5 Å². The molecule has 0 fully saturated rings. The Hall–Kier alpha value is -2.20. The lowest BCUT2D eigenvalue weighted by atomic mass is 9.99. The highest BCUT2D eigenvalue weighted by molar-refractivity contribution is 5.94. The predicted molar refractivity (Wildman–Crippen MR) is 103 cm³/mol. The van der Waals surface area contributed by atoms with Crippen LogP contribution in [-0.4, -0.2) is 64.7 Å². The maximum absolute atomic E-state index is 12.7. The number of aliphatic carboxylic acids is 1. The summed E-state index contributed by atoms with van der Waals surface area (Å²) in [6, 6.07) is -4.15. The summed E-state index contributed by atoms with van der Waals surface area (Å²) in [6.45, 7) is 8.18. The van der Waals surface area contributed by atoms with Gasteiger partial charge in [0, 0.05) is 0 Å². The van der Waals surface area contributed by atoms with Gasteiger partial charge < -0.3 is 31.9 Å². The molecule has 0 bridgehead atoms. The van der Waals surface area contributed by atoms with Crippen molar-refractivity contribution in [3.63, 3.8) is 0 Å². The lowest BCUT2D eigenvalue weighted by molar-refractivity contribution is -0.143. The summed E-state index contributed by atoms with van der Waals surface area (Å²) in [4.78, 5) is 48.1. The first-order chi connectivity index (χ1) is 12.9. The Morgan fingerprint density at radius 2 is 1.11 bits per heavy atom. The Balaban J connectivity index is 5.33. The summed E-state index contributed by atoms with van der Waals surface area (Å²) in [5.74, 6) is -3.03. The van der Waals surface area contributed by atoms with Gasteiger partial charge in [0.1, 0.15) is 18.1 Å². The van der Waals surface area contributed by atoms with Crippen molar-refractivity contribution in [2.45, 2.75) is 71.6 Å². The molecule has 0 unspecified atom stereocenters. The van der Waals surface area contributed by atoms with E-state index in [9.17, 15) is 19.2 Å². The zero-order valence-electron chi connectivity index (χ0n) is 17.2. The molecule has 0 aliphatic carbocycles. The van der Waals surface area contributed by atoms with Gasteiger partial charge in [-0.2, -0.15) is 0 Å². The SMILES string of the molecule is CC(C)C[C@H](NC(=O)[C@H](C)N)C(=O)N[C@@H](CC(C)C)C(=O)N[C@@H](CO)C(=O)O. The molecule has 0 heterocycles. The van der Waals surface area contributed by atoms with E-state index in [1.807, 2.05) is 27.7 Å². The number of hydrogen-bond donors (Lipinski definition) is 6. The quantitative estimate of drug-likeness (QED) is 0.242. The fraction of sp³-hybridized carbons (Fsp3) is 0.778. The maximum Gasteiger partial charge on any atom is 0.328 e. The molecule has 0 spiro atoms. The smallest absolute Gasteiger partial charge is 0.328 e. The van der Waals surface area contributed by atoms with Gasteiger partial charge in [0.15, 0.2) is 0 Å². The number of hydrogen-bond acceptors (Lipinski definition) is 6. The summed E-state index contributed by atoms with van der Waals surface area (Å²) in [5, 5.41) is 25.4. The van der Waals surface area contributed by atoms with Crippen LogP contribution in [0.2, 0.25) is 0 Å². The van der Waals surface area contributed by atoms with Gasteiger partial charge in [-0.15, -0.1) is 0 Å². The first-order valence-electron chi connectivity index (χ1n) is 9.39. The van der Waals surface area contributed by atoms with Crippen molar-refractivity contribution in [1.29, 1.82) is 0 Å². The van der Waals surface area contributed by atoms with E-state index in [2.05, 4.69) is 16.0 Å². The van der Waals surface area contributed by atoms with Gasteiger partial charge in [-0.3, -0.25) is 14.4 Å². The maximum atomic E-state index is 12.7. The second kappa shape index (κ2) is 12.3. The Kier molecular flexibility index (Phi) is 11.3. The minimum atomic E-state index is -1.47. The first kappa shape index (κ1) is 25.8. The lowest BCUT2D eigenvalue weighted by Crippen LogP contribution is -2.57. The molecule has 7 N–H and O–H groups in total. The van der Waals surface area contributed by atoms with Gasteiger partial charge in [0.05, 0.1) is 12.6 Å². The molecule has 162 valence electrons. The van der Waals surface area contributed by atoms with Crippen LogP contribution in [0.15, 0.2) is 0 Å². The van der Waals surface area contributed by atoms with E-state index >= 15 is 0 Å². The zero-order chi connectivity index (χ0) is 22.0. The highest BCUT2D eigenvalue weighted by atomic mass is 16.4. The highest BCUT2D eigenvalue weighted by Gasteiger charge is 2.30. The van der Waals surface area contributed by atoms with Crippen LogP contribution in [0.25, 0.3) is 0 Å². The molecule has 3 amide bonds. The minimum absolute atomic E-state index is 0.0238. The fourth-order valence-electron chi connectivity index (χ4n) is 2.44. The number of aliphatic hydroxyl groups is 1. The van der Waals surface area contributed by atoms with Crippen molar-refractivity contribution < 1.29 is 29.4 Å².